The van der Waals surface area contributed by atoms with E-state index in [1.807, 2.05) is 6.92 Å². The molecule has 0 saturated heterocycles. The number of hydrogen-bond acceptors (Lipinski definition) is 2. The van der Waals surface area contributed by atoms with E-state index < -0.39 is 5.82 Å². The number of amides is 1. The lowest BCUT2D eigenvalue weighted by Gasteiger charge is -2.11. The molecule has 1 aromatic rings. The third-order valence-electron chi connectivity index (χ3n) is 2.42. The number of nitrogens with two attached hydrogens (primary N) is 2. The molecule has 0 aliphatic rings. The van der Waals surface area contributed by atoms with Gasteiger partial charge in [-0.25, -0.2) is 4.39 Å². The number of nitrogen functional groups attached to an aromatic ring is 1. The molecule has 0 fully saturated rings. The highest BCUT2D eigenvalue weighted by Crippen LogP contribution is 2.23. The van der Waals surface area contributed by atoms with Gasteiger partial charge in [-0.2, -0.15) is 0 Å². The van der Waals surface area contributed by atoms with Gasteiger partial charge in [-0.1, -0.05) is 13.0 Å². The van der Waals surface area contributed by atoms with Gasteiger partial charge in [0.25, 0.3) is 0 Å². The molecule has 0 spiro atoms. The van der Waals surface area contributed by atoms with Gasteiger partial charge in [-0.3, -0.25) is 4.79 Å². The molecule has 15 heavy (non-hydrogen) atoms. The fraction of sp³-hybridized carbons (Fsp3) is 0.364. The van der Waals surface area contributed by atoms with Crippen LogP contribution in [0.5, 0.6) is 0 Å². The van der Waals surface area contributed by atoms with Crippen molar-refractivity contribution in [3.63, 3.8) is 0 Å². The molecule has 1 atom stereocenters. The van der Waals surface area contributed by atoms with E-state index in [9.17, 15) is 9.18 Å². The van der Waals surface area contributed by atoms with Crippen LogP contribution < -0.4 is 11.5 Å². The number of hydrogen-bond donors (Lipinski definition) is 2. The second-order valence-electron chi connectivity index (χ2n) is 3.69. The van der Waals surface area contributed by atoms with E-state index in [0.29, 0.717) is 12.8 Å². The van der Waals surface area contributed by atoms with Crippen molar-refractivity contribution in [2.24, 2.45) is 5.73 Å². The predicted molar refractivity (Wildman–Crippen MR) is 57.7 cm³/mol. The molecule has 0 aliphatic heterocycles. The molecule has 1 unspecified atom stereocenters. The summed E-state index contributed by atoms with van der Waals surface area (Å²) in [4.78, 5) is 10.6. The summed E-state index contributed by atoms with van der Waals surface area (Å²) in [5, 5.41) is 0. The Hall–Kier alpha value is -1.58. The summed E-state index contributed by atoms with van der Waals surface area (Å²) in [6.07, 6.45) is 0.936. The zero-order valence-electron chi connectivity index (χ0n) is 8.66. The average molecular weight is 210 g/mol. The molecular weight excluding hydrogens is 195 g/mol. The van der Waals surface area contributed by atoms with Crippen LogP contribution in [0.1, 0.15) is 31.2 Å². The molecule has 3 nitrogen and oxygen atoms in total. The second kappa shape index (κ2) is 4.77. The van der Waals surface area contributed by atoms with Crippen LogP contribution in [-0.4, -0.2) is 5.91 Å². The SMILES string of the molecule is CC(CCC(N)=O)c1ccc(N)c(F)c1. The summed E-state index contributed by atoms with van der Waals surface area (Å²) in [6, 6.07) is 4.70. The van der Waals surface area contributed by atoms with E-state index >= 15 is 0 Å². The molecular formula is C11H15FN2O. The van der Waals surface area contributed by atoms with Crippen LogP contribution in [0.4, 0.5) is 10.1 Å². The Morgan fingerprint density at radius 3 is 2.73 bits per heavy atom. The zero-order valence-corrected chi connectivity index (χ0v) is 8.66. The fourth-order valence-corrected chi connectivity index (χ4v) is 1.38. The van der Waals surface area contributed by atoms with E-state index in [4.69, 9.17) is 11.5 Å². The van der Waals surface area contributed by atoms with Gasteiger partial charge < -0.3 is 11.5 Å². The van der Waals surface area contributed by atoms with E-state index in [-0.39, 0.29) is 17.5 Å². The molecule has 82 valence electrons. The maximum Gasteiger partial charge on any atom is 0.217 e. The van der Waals surface area contributed by atoms with Crippen LogP contribution in [0.25, 0.3) is 0 Å². The highest BCUT2D eigenvalue weighted by atomic mass is 19.1. The van der Waals surface area contributed by atoms with Gasteiger partial charge in [0, 0.05) is 6.42 Å². The molecule has 1 aromatic carbocycles. The van der Waals surface area contributed by atoms with Crippen molar-refractivity contribution in [3.05, 3.63) is 29.6 Å². The zero-order chi connectivity index (χ0) is 11.4. The Morgan fingerprint density at radius 2 is 2.20 bits per heavy atom. The van der Waals surface area contributed by atoms with Crippen molar-refractivity contribution in [1.29, 1.82) is 0 Å². The number of anilines is 1. The molecule has 0 bridgehead atoms. The Morgan fingerprint density at radius 1 is 1.53 bits per heavy atom. The van der Waals surface area contributed by atoms with Crippen molar-refractivity contribution >= 4 is 11.6 Å². The molecule has 0 heterocycles. The quantitative estimate of drug-likeness (QED) is 0.744. The maximum atomic E-state index is 13.1. The number of halogens is 1. The molecule has 0 radical (unpaired) electrons. The van der Waals surface area contributed by atoms with Crippen molar-refractivity contribution in [2.45, 2.75) is 25.7 Å². The summed E-state index contributed by atoms with van der Waals surface area (Å²) >= 11 is 0. The number of benzene rings is 1. The lowest BCUT2D eigenvalue weighted by atomic mass is 9.96. The first-order chi connectivity index (χ1) is 7.00. The van der Waals surface area contributed by atoms with E-state index in [1.54, 1.807) is 6.07 Å². The van der Waals surface area contributed by atoms with Crippen molar-refractivity contribution in [1.82, 2.24) is 0 Å². The summed E-state index contributed by atoms with van der Waals surface area (Å²) in [5.41, 5.74) is 11.4. The lowest BCUT2D eigenvalue weighted by molar-refractivity contribution is -0.118. The smallest absolute Gasteiger partial charge is 0.217 e. The predicted octanol–water partition coefficient (Wildman–Crippen LogP) is 1.78. The first-order valence-electron chi connectivity index (χ1n) is 4.84. The van der Waals surface area contributed by atoms with Gasteiger partial charge >= 0.3 is 0 Å². The Labute approximate surface area is 88.3 Å². The molecule has 4 N–H and O–H groups in total. The summed E-state index contributed by atoms with van der Waals surface area (Å²) in [7, 11) is 0. The van der Waals surface area contributed by atoms with E-state index in [2.05, 4.69) is 0 Å². The lowest BCUT2D eigenvalue weighted by Crippen LogP contribution is -2.11. The van der Waals surface area contributed by atoms with Gasteiger partial charge in [0.2, 0.25) is 5.91 Å². The largest absolute Gasteiger partial charge is 0.396 e. The number of carbonyl (C=O) groups is 1. The van der Waals surface area contributed by atoms with Crippen LogP contribution in [-0.2, 0) is 4.79 Å². The normalized spacial score (nSPS) is 12.4. The minimum Gasteiger partial charge on any atom is -0.396 e. The van der Waals surface area contributed by atoms with Crippen LogP contribution in [0, 0.1) is 5.82 Å². The minimum absolute atomic E-state index is 0.104. The van der Waals surface area contributed by atoms with Gasteiger partial charge in [0.05, 0.1) is 5.69 Å². The Kier molecular flexibility index (Phi) is 3.66. The maximum absolute atomic E-state index is 13.1. The molecule has 1 rings (SSSR count). The molecule has 0 aromatic heterocycles. The van der Waals surface area contributed by atoms with E-state index in [1.165, 1.54) is 12.1 Å². The van der Waals surface area contributed by atoms with Crippen LogP contribution in [0.15, 0.2) is 18.2 Å². The van der Waals surface area contributed by atoms with Crippen molar-refractivity contribution in [3.8, 4) is 0 Å². The minimum atomic E-state index is -0.418. The summed E-state index contributed by atoms with van der Waals surface area (Å²) in [6.45, 7) is 1.92. The van der Waals surface area contributed by atoms with Gasteiger partial charge in [0.15, 0.2) is 0 Å². The fourth-order valence-electron chi connectivity index (χ4n) is 1.38. The third-order valence-corrected chi connectivity index (χ3v) is 2.42. The number of primary amides is 1. The summed E-state index contributed by atoms with van der Waals surface area (Å²) < 4.78 is 13.1. The summed E-state index contributed by atoms with van der Waals surface area (Å²) in [5.74, 6) is -0.649. The second-order valence-corrected chi connectivity index (χ2v) is 3.69. The van der Waals surface area contributed by atoms with Crippen molar-refractivity contribution in [2.75, 3.05) is 5.73 Å². The number of rotatable bonds is 4. The van der Waals surface area contributed by atoms with Gasteiger partial charge in [0.1, 0.15) is 5.82 Å². The van der Waals surface area contributed by atoms with E-state index in [0.717, 1.165) is 5.56 Å². The van der Waals surface area contributed by atoms with Crippen LogP contribution >= 0.6 is 0 Å². The average Bonchev–Trinajstić information content (AvgIpc) is 2.18. The van der Waals surface area contributed by atoms with Gasteiger partial charge in [-0.15, -0.1) is 0 Å². The Bertz CT molecular complexity index is 366. The topological polar surface area (TPSA) is 69.1 Å². The monoisotopic (exact) mass is 210 g/mol. The van der Waals surface area contributed by atoms with Crippen LogP contribution in [0.3, 0.4) is 0 Å². The first kappa shape index (κ1) is 11.5. The molecule has 0 saturated carbocycles. The van der Waals surface area contributed by atoms with Crippen molar-refractivity contribution < 1.29 is 9.18 Å². The first-order valence-corrected chi connectivity index (χ1v) is 4.84. The Balaban J connectivity index is 2.69. The van der Waals surface area contributed by atoms with Gasteiger partial charge in [-0.05, 0) is 30.0 Å². The number of carbonyl (C=O) groups excluding carboxylic acids is 1. The molecule has 1 amide bonds. The third kappa shape index (κ3) is 3.23. The highest BCUT2D eigenvalue weighted by molar-refractivity contribution is 5.73. The van der Waals surface area contributed by atoms with Crippen LogP contribution in [0.2, 0.25) is 0 Å². The molecule has 4 heteroatoms. The molecule has 0 aliphatic carbocycles. The standard InChI is InChI=1S/C11H15FN2O/c1-7(2-5-11(14)15)8-3-4-10(13)9(12)6-8/h3-4,6-7H,2,5,13H2,1H3,(H2,14,15). The highest BCUT2D eigenvalue weighted by Gasteiger charge is 2.09.